The molecule has 0 aliphatic carbocycles. The third kappa shape index (κ3) is 4.39. The van der Waals surface area contributed by atoms with Gasteiger partial charge in [-0.05, 0) is 42.3 Å². The average Bonchev–Trinajstić information content (AvgIpc) is 3.06. The Morgan fingerprint density at radius 3 is 2.67 bits per heavy atom. The van der Waals surface area contributed by atoms with Crippen molar-refractivity contribution in [1.29, 1.82) is 0 Å². The molecule has 0 unspecified atom stereocenters. The summed E-state index contributed by atoms with van der Waals surface area (Å²) in [7, 11) is 3.25. The molecule has 0 saturated carbocycles. The van der Waals surface area contributed by atoms with Crippen LogP contribution in [-0.4, -0.2) is 30.0 Å². The summed E-state index contributed by atoms with van der Waals surface area (Å²) >= 11 is 0. The van der Waals surface area contributed by atoms with Gasteiger partial charge in [-0.1, -0.05) is 6.07 Å². The van der Waals surface area contributed by atoms with Gasteiger partial charge in [-0.3, -0.25) is 4.79 Å². The zero-order valence-corrected chi connectivity index (χ0v) is 14.9. The van der Waals surface area contributed by atoms with Gasteiger partial charge in [-0.25, -0.2) is 4.98 Å². The number of anilines is 2. The number of nitrogens with one attached hydrogen (secondary N) is 2. The normalized spacial score (nSPS) is 11.6. The van der Waals surface area contributed by atoms with Crippen LogP contribution in [0.5, 0.6) is 0 Å². The highest BCUT2D eigenvalue weighted by atomic mass is 19.4. The van der Waals surface area contributed by atoms with Crippen molar-refractivity contribution < 1.29 is 18.0 Å². The highest BCUT2D eigenvalue weighted by Crippen LogP contribution is 2.30. The molecular weight excluding hydrogens is 357 g/mol. The van der Waals surface area contributed by atoms with Gasteiger partial charge >= 0.3 is 6.18 Å². The third-order valence-corrected chi connectivity index (χ3v) is 4.13. The first-order chi connectivity index (χ1) is 12.7. The summed E-state index contributed by atoms with van der Waals surface area (Å²) in [6.45, 7) is 0. The summed E-state index contributed by atoms with van der Waals surface area (Å²) < 4.78 is 38.6. The number of H-pyrrole nitrogens is 1. The molecule has 142 valence electrons. The summed E-state index contributed by atoms with van der Waals surface area (Å²) in [6.07, 6.45) is -2.26. The second-order valence-electron chi connectivity index (χ2n) is 6.40. The maximum atomic E-state index is 12.9. The Labute approximate surface area is 154 Å². The van der Waals surface area contributed by atoms with Gasteiger partial charge in [0, 0.05) is 43.3 Å². The first kappa shape index (κ1) is 18.8. The third-order valence-electron chi connectivity index (χ3n) is 4.13. The van der Waals surface area contributed by atoms with Crippen molar-refractivity contribution in [3.63, 3.8) is 0 Å². The Hall–Kier alpha value is -3.03. The van der Waals surface area contributed by atoms with Crippen molar-refractivity contribution in [2.75, 3.05) is 24.3 Å². The fourth-order valence-electron chi connectivity index (χ4n) is 2.82. The Morgan fingerprint density at radius 1 is 1.19 bits per heavy atom. The van der Waals surface area contributed by atoms with Gasteiger partial charge in [0.25, 0.3) is 0 Å². The number of fused-ring (bicyclic) bond motifs is 1. The number of aromatic nitrogens is 2. The van der Waals surface area contributed by atoms with E-state index >= 15 is 0 Å². The predicted molar refractivity (Wildman–Crippen MR) is 98.8 cm³/mol. The van der Waals surface area contributed by atoms with Crippen LogP contribution >= 0.6 is 0 Å². The summed E-state index contributed by atoms with van der Waals surface area (Å²) in [5.41, 5.74) is 1.29. The number of amides is 1. The predicted octanol–water partition coefficient (Wildman–Crippen LogP) is 4.22. The standard InChI is InChI=1S/C19H19F3N4O/c1-26(2)18-12(3-7-16(25-18)19(20,21)22)4-8-17(27)24-14-5-6-15-13(11-14)9-10-23-15/h3,5-7,9-11,23H,4,8H2,1-2H3,(H,24,27). The van der Waals surface area contributed by atoms with Crippen molar-refractivity contribution in [3.8, 4) is 0 Å². The van der Waals surface area contributed by atoms with E-state index < -0.39 is 11.9 Å². The molecule has 3 rings (SSSR count). The fraction of sp³-hybridized carbons (Fsp3) is 0.263. The van der Waals surface area contributed by atoms with Gasteiger partial charge in [0.15, 0.2) is 0 Å². The lowest BCUT2D eigenvalue weighted by Gasteiger charge is -2.18. The molecule has 0 bridgehead atoms. The largest absolute Gasteiger partial charge is 0.433 e. The van der Waals surface area contributed by atoms with E-state index in [0.717, 1.165) is 17.0 Å². The van der Waals surface area contributed by atoms with Crippen molar-refractivity contribution in [3.05, 3.63) is 53.9 Å². The van der Waals surface area contributed by atoms with E-state index in [1.807, 2.05) is 24.4 Å². The lowest BCUT2D eigenvalue weighted by atomic mass is 10.1. The molecule has 0 aliphatic heterocycles. The number of carbonyl (C=O) groups is 1. The van der Waals surface area contributed by atoms with Crippen LogP contribution < -0.4 is 10.2 Å². The molecule has 0 spiro atoms. The molecular formula is C19H19F3N4O. The van der Waals surface area contributed by atoms with Crippen LogP contribution in [0.2, 0.25) is 0 Å². The van der Waals surface area contributed by atoms with Crippen LogP contribution in [0.15, 0.2) is 42.6 Å². The SMILES string of the molecule is CN(C)c1nc(C(F)(F)F)ccc1CCC(=O)Nc1ccc2[nH]ccc2c1. The summed E-state index contributed by atoms with van der Waals surface area (Å²) in [5, 5.41) is 3.79. The van der Waals surface area contributed by atoms with Crippen molar-refractivity contribution in [1.82, 2.24) is 9.97 Å². The van der Waals surface area contributed by atoms with E-state index in [9.17, 15) is 18.0 Å². The molecule has 0 radical (unpaired) electrons. The number of aryl methyl sites for hydroxylation is 1. The Balaban J connectivity index is 1.68. The maximum absolute atomic E-state index is 12.9. The summed E-state index contributed by atoms with van der Waals surface area (Å²) in [4.78, 5) is 20.5. The number of rotatable bonds is 5. The van der Waals surface area contributed by atoms with Crippen LogP contribution in [0.4, 0.5) is 24.7 Å². The maximum Gasteiger partial charge on any atom is 0.433 e. The van der Waals surface area contributed by atoms with Crippen LogP contribution in [0.25, 0.3) is 10.9 Å². The molecule has 0 aliphatic rings. The molecule has 2 N–H and O–H groups in total. The lowest BCUT2D eigenvalue weighted by Crippen LogP contribution is -2.18. The number of benzene rings is 1. The minimum absolute atomic E-state index is 0.138. The Kier molecular flexibility index (Phi) is 5.07. The van der Waals surface area contributed by atoms with Crippen LogP contribution in [0.1, 0.15) is 17.7 Å². The topological polar surface area (TPSA) is 61.0 Å². The monoisotopic (exact) mass is 376 g/mol. The van der Waals surface area contributed by atoms with Crippen molar-refractivity contribution >= 4 is 28.3 Å². The number of alkyl halides is 3. The van der Waals surface area contributed by atoms with Crippen molar-refractivity contribution in [2.45, 2.75) is 19.0 Å². The molecule has 1 amide bonds. The molecule has 2 heterocycles. The molecule has 8 heteroatoms. The Bertz CT molecular complexity index is 963. The van der Waals surface area contributed by atoms with E-state index in [2.05, 4.69) is 15.3 Å². The van der Waals surface area contributed by atoms with Crippen LogP contribution in [-0.2, 0) is 17.4 Å². The van der Waals surface area contributed by atoms with E-state index in [4.69, 9.17) is 0 Å². The molecule has 0 saturated heterocycles. The quantitative estimate of drug-likeness (QED) is 0.701. The average molecular weight is 376 g/mol. The summed E-state index contributed by atoms with van der Waals surface area (Å²) in [5.74, 6) is 0.000794. The first-order valence-electron chi connectivity index (χ1n) is 8.35. The van der Waals surface area contributed by atoms with E-state index in [1.165, 1.54) is 11.0 Å². The molecule has 0 atom stereocenters. The second kappa shape index (κ2) is 7.30. The number of carbonyl (C=O) groups excluding carboxylic acids is 1. The lowest BCUT2D eigenvalue weighted by molar-refractivity contribution is -0.141. The number of hydrogen-bond donors (Lipinski definition) is 2. The molecule has 5 nitrogen and oxygen atoms in total. The van der Waals surface area contributed by atoms with E-state index in [0.29, 0.717) is 11.3 Å². The molecule has 27 heavy (non-hydrogen) atoms. The van der Waals surface area contributed by atoms with Gasteiger partial charge in [0.1, 0.15) is 11.5 Å². The molecule has 2 aromatic heterocycles. The van der Waals surface area contributed by atoms with E-state index in [1.54, 1.807) is 20.2 Å². The first-order valence-corrected chi connectivity index (χ1v) is 8.35. The number of hydrogen-bond acceptors (Lipinski definition) is 3. The van der Waals surface area contributed by atoms with E-state index in [-0.39, 0.29) is 24.6 Å². The van der Waals surface area contributed by atoms with Gasteiger partial charge in [0.05, 0.1) is 0 Å². The smallest absolute Gasteiger partial charge is 0.363 e. The zero-order valence-electron chi connectivity index (χ0n) is 14.9. The zero-order chi connectivity index (χ0) is 19.6. The number of pyridine rings is 1. The number of aromatic amines is 1. The highest BCUT2D eigenvalue weighted by molar-refractivity contribution is 5.93. The summed E-state index contributed by atoms with van der Waals surface area (Å²) in [6, 6.07) is 9.75. The van der Waals surface area contributed by atoms with Crippen LogP contribution in [0, 0.1) is 0 Å². The second-order valence-corrected chi connectivity index (χ2v) is 6.40. The van der Waals surface area contributed by atoms with Gasteiger partial charge in [-0.2, -0.15) is 13.2 Å². The van der Waals surface area contributed by atoms with Crippen LogP contribution in [0.3, 0.4) is 0 Å². The van der Waals surface area contributed by atoms with Gasteiger partial charge in [-0.15, -0.1) is 0 Å². The van der Waals surface area contributed by atoms with Crippen molar-refractivity contribution in [2.24, 2.45) is 0 Å². The number of halogens is 3. The number of nitrogens with zero attached hydrogens (tertiary/aromatic N) is 2. The minimum Gasteiger partial charge on any atom is -0.363 e. The Morgan fingerprint density at radius 2 is 1.96 bits per heavy atom. The molecule has 0 fully saturated rings. The molecule has 3 aromatic rings. The fourth-order valence-corrected chi connectivity index (χ4v) is 2.82. The minimum atomic E-state index is -4.50. The highest BCUT2D eigenvalue weighted by Gasteiger charge is 2.33. The van der Waals surface area contributed by atoms with Gasteiger partial charge in [0.2, 0.25) is 5.91 Å². The van der Waals surface area contributed by atoms with Gasteiger partial charge < -0.3 is 15.2 Å². The molecule has 1 aromatic carbocycles.